The van der Waals surface area contributed by atoms with Crippen molar-refractivity contribution in [1.29, 1.82) is 0 Å². The van der Waals surface area contributed by atoms with Crippen LogP contribution in [0, 0.1) is 6.92 Å². The van der Waals surface area contributed by atoms with Gasteiger partial charge >= 0.3 is 0 Å². The van der Waals surface area contributed by atoms with Crippen LogP contribution in [0.4, 0.5) is 0 Å². The molecular weight excluding hydrogens is 508 g/mol. The smallest absolute Gasteiger partial charge is 0.161 e. The van der Waals surface area contributed by atoms with Gasteiger partial charge in [-0.05, 0) is 72.1 Å². The Kier molecular flexibility index (Phi) is 11.7. The Morgan fingerprint density at radius 2 is 0.925 bits per heavy atom. The monoisotopic (exact) mass is 544 g/mol. The molecular formula is C31H36N4O5. The highest BCUT2D eigenvalue weighted by molar-refractivity contribution is 5.92. The van der Waals surface area contributed by atoms with E-state index in [0.29, 0.717) is 60.3 Å². The molecule has 3 rings (SSSR count). The summed E-state index contributed by atoms with van der Waals surface area (Å²) in [4.78, 5) is 17.7. The molecule has 0 aromatic heterocycles. The lowest BCUT2D eigenvalue weighted by Crippen LogP contribution is -1.96. The summed E-state index contributed by atoms with van der Waals surface area (Å²) in [5, 5.41) is 10.7. The van der Waals surface area contributed by atoms with Crippen LogP contribution in [0.25, 0.3) is 0 Å². The summed E-state index contributed by atoms with van der Waals surface area (Å²) >= 11 is 0. The lowest BCUT2D eigenvalue weighted by Gasteiger charge is -2.07. The minimum atomic E-state index is 0.140. The second kappa shape index (κ2) is 15.7. The number of hydrogen-bond acceptors (Lipinski definition) is 9. The number of benzene rings is 3. The number of phenolic OH excluding ortho intramolecular Hbond substituents is 1. The lowest BCUT2D eigenvalue weighted by atomic mass is 10.1. The van der Waals surface area contributed by atoms with Gasteiger partial charge in [-0.25, -0.2) is 0 Å². The van der Waals surface area contributed by atoms with Crippen molar-refractivity contribution >= 4 is 24.9 Å². The Morgan fingerprint density at radius 3 is 1.30 bits per heavy atom. The van der Waals surface area contributed by atoms with Gasteiger partial charge in [0.1, 0.15) is 5.75 Å². The zero-order valence-electron chi connectivity index (χ0n) is 23.6. The molecule has 9 nitrogen and oxygen atoms in total. The summed E-state index contributed by atoms with van der Waals surface area (Å²) in [6, 6.07) is 15.0. The van der Waals surface area contributed by atoms with Gasteiger partial charge in [-0.3, -0.25) is 20.0 Å². The van der Waals surface area contributed by atoms with Crippen LogP contribution in [-0.2, 0) is 0 Å². The first kappa shape index (κ1) is 29.9. The van der Waals surface area contributed by atoms with E-state index in [1.165, 1.54) is 0 Å². The normalized spacial score (nSPS) is 11.7. The first-order valence-corrected chi connectivity index (χ1v) is 12.8. The van der Waals surface area contributed by atoms with Crippen LogP contribution in [0.1, 0.15) is 27.8 Å². The van der Waals surface area contributed by atoms with Crippen molar-refractivity contribution in [2.45, 2.75) is 6.92 Å². The molecule has 0 aliphatic heterocycles. The first-order valence-electron chi connectivity index (χ1n) is 12.8. The fourth-order valence-electron chi connectivity index (χ4n) is 3.80. The summed E-state index contributed by atoms with van der Waals surface area (Å²) < 4.78 is 21.1. The van der Waals surface area contributed by atoms with E-state index in [0.717, 1.165) is 16.7 Å². The molecule has 3 aromatic carbocycles. The number of nitrogens with zero attached hydrogens (tertiary/aromatic N) is 4. The van der Waals surface area contributed by atoms with Gasteiger partial charge in [0.25, 0.3) is 0 Å². The number of aliphatic imine (C=N–C) groups is 4. The number of hydrogen-bond donors (Lipinski definition) is 1. The zero-order chi connectivity index (χ0) is 28.7. The molecule has 0 unspecified atom stereocenters. The highest BCUT2D eigenvalue weighted by atomic mass is 16.5. The summed E-state index contributed by atoms with van der Waals surface area (Å²) in [5.74, 6) is 2.79. The number of rotatable bonds is 14. The number of phenols is 1. The maximum absolute atomic E-state index is 10.7. The van der Waals surface area contributed by atoms with Gasteiger partial charge in [0.15, 0.2) is 23.0 Å². The summed E-state index contributed by atoms with van der Waals surface area (Å²) in [6.45, 7) is 3.96. The second-order valence-electron chi connectivity index (χ2n) is 8.66. The minimum absolute atomic E-state index is 0.140. The van der Waals surface area contributed by atoms with Gasteiger partial charge in [0.2, 0.25) is 0 Å². The van der Waals surface area contributed by atoms with E-state index >= 15 is 0 Å². The molecule has 0 amide bonds. The Bertz CT molecular complexity index is 1280. The summed E-state index contributed by atoms with van der Waals surface area (Å²) in [6.07, 6.45) is 6.88. The predicted molar refractivity (Wildman–Crippen MR) is 162 cm³/mol. The van der Waals surface area contributed by atoms with Crippen molar-refractivity contribution in [3.05, 3.63) is 76.3 Å². The molecule has 0 bridgehead atoms. The first-order chi connectivity index (χ1) is 19.5. The fourth-order valence-corrected chi connectivity index (χ4v) is 3.80. The summed E-state index contributed by atoms with van der Waals surface area (Å²) in [5.41, 5.74) is 4.09. The standard InChI is InChI=1S/C31H36N4O5/c1-22-14-25(20-34-12-10-32-18-23-6-8-27(37-2)29(16-23)39-4)31(36)26(15-22)21-35-13-11-33-19-24-7-9-28(38-3)30(17-24)40-5/h6-9,14-21,36H,10-13H2,1-5H3. The van der Waals surface area contributed by atoms with Gasteiger partial charge in [0, 0.05) is 36.0 Å². The SMILES string of the molecule is COc1ccc(C=NCCN=Cc2cc(C)cc(C=NCCN=Cc3ccc(OC)c(OC)c3)c2O)cc1OC. The van der Waals surface area contributed by atoms with Crippen LogP contribution < -0.4 is 18.9 Å². The molecule has 0 spiro atoms. The molecule has 0 heterocycles. The van der Waals surface area contributed by atoms with Crippen molar-refractivity contribution in [2.75, 3.05) is 54.6 Å². The van der Waals surface area contributed by atoms with E-state index in [1.807, 2.05) is 55.5 Å². The van der Waals surface area contributed by atoms with Gasteiger partial charge in [-0.2, -0.15) is 0 Å². The van der Waals surface area contributed by atoms with Crippen LogP contribution >= 0.6 is 0 Å². The van der Waals surface area contributed by atoms with E-state index < -0.39 is 0 Å². The molecule has 0 aliphatic carbocycles. The van der Waals surface area contributed by atoms with Crippen molar-refractivity contribution in [2.24, 2.45) is 20.0 Å². The third kappa shape index (κ3) is 8.69. The second-order valence-corrected chi connectivity index (χ2v) is 8.66. The van der Waals surface area contributed by atoms with Gasteiger partial charge in [0.05, 0.1) is 54.6 Å². The molecule has 0 saturated carbocycles. The van der Waals surface area contributed by atoms with Gasteiger partial charge in [-0.15, -0.1) is 0 Å². The van der Waals surface area contributed by atoms with Crippen LogP contribution in [-0.4, -0.2) is 84.6 Å². The van der Waals surface area contributed by atoms with Crippen LogP contribution in [0.2, 0.25) is 0 Å². The topological polar surface area (TPSA) is 107 Å². The van der Waals surface area contributed by atoms with E-state index in [1.54, 1.807) is 53.3 Å². The van der Waals surface area contributed by atoms with Crippen LogP contribution in [0.3, 0.4) is 0 Å². The number of methoxy groups -OCH3 is 4. The molecule has 0 fully saturated rings. The van der Waals surface area contributed by atoms with E-state index in [9.17, 15) is 5.11 Å². The largest absolute Gasteiger partial charge is 0.507 e. The third-order valence-electron chi connectivity index (χ3n) is 5.79. The number of ether oxygens (including phenoxy) is 4. The fraction of sp³-hybridized carbons (Fsp3) is 0.290. The maximum atomic E-state index is 10.7. The van der Waals surface area contributed by atoms with E-state index in [2.05, 4.69) is 20.0 Å². The van der Waals surface area contributed by atoms with E-state index in [-0.39, 0.29) is 5.75 Å². The molecule has 1 N–H and O–H groups in total. The maximum Gasteiger partial charge on any atom is 0.161 e. The van der Waals surface area contributed by atoms with Crippen molar-refractivity contribution in [3.8, 4) is 28.7 Å². The average Bonchev–Trinajstić information content (AvgIpc) is 2.98. The molecule has 3 aromatic rings. The Hall–Kier alpha value is -4.66. The average molecular weight is 545 g/mol. The highest BCUT2D eigenvalue weighted by Crippen LogP contribution is 2.28. The van der Waals surface area contributed by atoms with Crippen molar-refractivity contribution in [3.63, 3.8) is 0 Å². The zero-order valence-corrected chi connectivity index (χ0v) is 23.6. The molecule has 0 saturated heterocycles. The quantitative estimate of drug-likeness (QED) is 0.232. The van der Waals surface area contributed by atoms with Crippen LogP contribution in [0.5, 0.6) is 28.7 Å². The van der Waals surface area contributed by atoms with Crippen LogP contribution in [0.15, 0.2) is 68.5 Å². The summed E-state index contributed by atoms with van der Waals surface area (Å²) in [7, 11) is 6.41. The molecule has 9 heteroatoms. The Balaban J connectivity index is 1.51. The lowest BCUT2D eigenvalue weighted by molar-refractivity contribution is 0.355. The highest BCUT2D eigenvalue weighted by Gasteiger charge is 2.06. The van der Waals surface area contributed by atoms with Crippen molar-refractivity contribution in [1.82, 2.24) is 0 Å². The molecule has 210 valence electrons. The number of aryl methyl sites for hydroxylation is 1. The van der Waals surface area contributed by atoms with Gasteiger partial charge < -0.3 is 24.1 Å². The Labute approximate surface area is 235 Å². The molecule has 0 radical (unpaired) electrons. The molecule has 40 heavy (non-hydrogen) atoms. The number of aromatic hydroxyl groups is 1. The Morgan fingerprint density at radius 1 is 0.550 bits per heavy atom. The minimum Gasteiger partial charge on any atom is -0.507 e. The van der Waals surface area contributed by atoms with Gasteiger partial charge in [-0.1, -0.05) is 0 Å². The van der Waals surface area contributed by atoms with E-state index in [4.69, 9.17) is 18.9 Å². The molecule has 0 aliphatic rings. The third-order valence-corrected chi connectivity index (χ3v) is 5.79. The molecule has 0 atom stereocenters. The van der Waals surface area contributed by atoms with Crippen molar-refractivity contribution < 1.29 is 24.1 Å². The predicted octanol–water partition coefficient (Wildman–Crippen LogP) is 4.81.